The number of imidazole rings is 1. The number of aryl methyl sites for hydroxylation is 1. The van der Waals surface area contributed by atoms with E-state index in [-0.39, 0.29) is 16.8 Å². The second-order valence-corrected chi connectivity index (χ2v) is 10.2. The first-order valence-electron chi connectivity index (χ1n) is 11.5. The minimum atomic E-state index is -4.06. The smallest absolute Gasteiger partial charge is 0.358 e. The maximum atomic E-state index is 12.8. The lowest BCUT2D eigenvalue weighted by Gasteiger charge is -2.35. The molecule has 7 nitrogen and oxygen atoms in total. The normalized spacial score (nSPS) is 15.4. The molecular formula is C27H27N3O4S. The molecule has 1 atom stereocenters. The van der Waals surface area contributed by atoms with Gasteiger partial charge in [-0.25, -0.2) is 4.98 Å². The second-order valence-electron chi connectivity index (χ2n) is 8.69. The molecule has 5 rings (SSSR count). The van der Waals surface area contributed by atoms with Crippen molar-refractivity contribution >= 4 is 10.1 Å². The number of aromatic nitrogens is 2. The van der Waals surface area contributed by atoms with Crippen molar-refractivity contribution in [3.8, 4) is 11.5 Å². The Morgan fingerprint density at radius 3 is 2.23 bits per heavy atom. The Kier molecular flexibility index (Phi) is 6.57. The summed E-state index contributed by atoms with van der Waals surface area (Å²) >= 11 is 0. The van der Waals surface area contributed by atoms with E-state index >= 15 is 0 Å². The molecule has 0 radical (unpaired) electrons. The van der Waals surface area contributed by atoms with E-state index in [1.54, 1.807) is 23.7 Å². The highest BCUT2D eigenvalue weighted by Crippen LogP contribution is 2.36. The van der Waals surface area contributed by atoms with Crippen molar-refractivity contribution in [3.63, 3.8) is 0 Å². The number of rotatable bonds is 8. The van der Waals surface area contributed by atoms with Crippen LogP contribution in [0.1, 0.15) is 16.7 Å². The molecule has 0 N–H and O–H groups in total. The summed E-state index contributed by atoms with van der Waals surface area (Å²) in [6.45, 7) is 1.99. The van der Waals surface area contributed by atoms with E-state index in [0.29, 0.717) is 18.8 Å². The van der Waals surface area contributed by atoms with Crippen LogP contribution < -0.4 is 8.92 Å². The van der Waals surface area contributed by atoms with Crippen LogP contribution in [0.2, 0.25) is 0 Å². The SMILES string of the molecule is Cn1cnc(S(=O)(=O)Oc2cccc3c2C[C@H](N(Cc2ccccc2)Cc2ccccc2)CO3)c1. The molecule has 8 heteroatoms. The van der Waals surface area contributed by atoms with E-state index in [0.717, 1.165) is 18.7 Å². The lowest BCUT2D eigenvalue weighted by Crippen LogP contribution is -2.42. The molecule has 0 saturated heterocycles. The second kappa shape index (κ2) is 9.93. The van der Waals surface area contributed by atoms with Crippen molar-refractivity contribution in [1.29, 1.82) is 0 Å². The fourth-order valence-electron chi connectivity index (χ4n) is 4.30. The fraction of sp³-hybridized carbons (Fsp3) is 0.222. The molecule has 0 fully saturated rings. The molecule has 0 unspecified atom stereocenters. The third kappa shape index (κ3) is 5.39. The Bertz CT molecular complexity index is 1350. The van der Waals surface area contributed by atoms with Gasteiger partial charge in [-0.05, 0) is 29.7 Å². The molecule has 0 saturated carbocycles. The fourth-order valence-corrected chi connectivity index (χ4v) is 5.25. The van der Waals surface area contributed by atoms with Gasteiger partial charge in [-0.15, -0.1) is 0 Å². The first-order chi connectivity index (χ1) is 17.0. The van der Waals surface area contributed by atoms with Crippen LogP contribution in [0.4, 0.5) is 0 Å². The average Bonchev–Trinajstić information content (AvgIpc) is 3.32. The Morgan fingerprint density at radius 2 is 1.63 bits per heavy atom. The highest BCUT2D eigenvalue weighted by Gasteiger charge is 2.30. The number of nitrogens with zero attached hydrogens (tertiary/aromatic N) is 3. The first-order valence-corrected chi connectivity index (χ1v) is 12.9. The molecule has 1 aliphatic rings. The van der Waals surface area contributed by atoms with Gasteiger partial charge in [-0.2, -0.15) is 8.42 Å². The molecule has 0 spiro atoms. The topological polar surface area (TPSA) is 73.7 Å². The predicted molar refractivity (Wildman–Crippen MR) is 133 cm³/mol. The third-order valence-electron chi connectivity index (χ3n) is 6.07. The zero-order chi connectivity index (χ0) is 24.3. The lowest BCUT2D eigenvalue weighted by atomic mass is 9.99. The zero-order valence-electron chi connectivity index (χ0n) is 19.4. The predicted octanol–water partition coefficient (Wildman–Crippen LogP) is 4.19. The van der Waals surface area contributed by atoms with E-state index in [1.165, 1.54) is 23.7 Å². The van der Waals surface area contributed by atoms with Gasteiger partial charge < -0.3 is 13.5 Å². The van der Waals surface area contributed by atoms with Gasteiger partial charge in [0.2, 0.25) is 5.03 Å². The minimum absolute atomic E-state index is 0.0326. The summed E-state index contributed by atoms with van der Waals surface area (Å²) in [5.41, 5.74) is 3.15. The van der Waals surface area contributed by atoms with Crippen molar-refractivity contribution < 1.29 is 17.3 Å². The van der Waals surface area contributed by atoms with Gasteiger partial charge in [0, 0.05) is 37.9 Å². The molecular weight excluding hydrogens is 462 g/mol. The molecule has 0 bridgehead atoms. The molecule has 3 aromatic carbocycles. The maximum absolute atomic E-state index is 12.8. The van der Waals surface area contributed by atoms with E-state index in [4.69, 9.17) is 8.92 Å². The number of ether oxygens (including phenoxy) is 1. The van der Waals surface area contributed by atoms with Crippen molar-refractivity contribution in [2.45, 2.75) is 30.6 Å². The van der Waals surface area contributed by atoms with Gasteiger partial charge in [-0.1, -0.05) is 66.7 Å². The summed E-state index contributed by atoms with van der Waals surface area (Å²) in [5, 5.41) is -0.124. The van der Waals surface area contributed by atoms with Crippen LogP contribution in [-0.4, -0.2) is 35.5 Å². The van der Waals surface area contributed by atoms with Gasteiger partial charge >= 0.3 is 10.1 Å². The number of benzene rings is 3. The van der Waals surface area contributed by atoms with Crippen LogP contribution in [-0.2, 0) is 36.7 Å². The standard InChI is InChI=1S/C27H27N3O4S/c1-29-18-27(28-20-29)35(31,32)34-26-14-8-13-25-24(26)15-23(19-33-25)30(16-21-9-4-2-5-10-21)17-22-11-6-3-7-12-22/h2-14,18,20,23H,15-17,19H2,1H3/t23-/m0/s1. The van der Waals surface area contributed by atoms with Crippen LogP contribution in [0.25, 0.3) is 0 Å². The summed E-state index contributed by atoms with van der Waals surface area (Å²) in [6.07, 6.45) is 3.45. The summed E-state index contributed by atoms with van der Waals surface area (Å²) in [6, 6.07) is 25.9. The minimum Gasteiger partial charge on any atom is -0.492 e. The summed E-state index contributed by atoms with van der Waals surface area (Å²) in [7, 11) is -2.35. The molecule has 1 aromatic heterocycles. The quantitative estimate of drug-likeness (QED) is 0.346. The van der Waals surface area contributed by atoms with Crippen LogP contribution >= 0.6 is 0 Å². The van der Waals surface area contributed by atoms with Gasteiger partial charge in [-0.3, -0.25) is 4.90 Å². The van der Waals surface area contributed by atoms with Gasteiger partial charge in [0.1, 0.15) is 18.1 Å². The van der Waals surface area contributed by atoms with Crippen LogP contribution in [0, 0.1) is 0 Å². The van der Waals surface area contributed by atoms with Gasteiger partial charge in [0.15, 0.2) is 0 Å². The van der Waals surface area contributed by atoms with Gasteiger partial charge in [0.05, 0.1) is 6.33 Å². The van der Waals surface area contributed by atoms with Crippen molar-refractivity contribution in [2.75, 3.05) is 6.61 Å². The number of hydrogen-bond acceptors (Lipinski definition) is 6. The number of hydrogen-bond donors (Lipinski definition) is 0. The number of fused-ring (bicyclic) bond motifs is 1. The molecule has 0 aliphatic carbocycles. The average molecular weight is 490 g/mol. The molecule has 35 heavy (non-hydrogen) atoms. The summed E-state index contributed by atoms with van der Waals surface area (Å²) < 4.78 is 39.0. The van der Waals surface area contributed by atoms with Crippen molar-refractivity contribution in [2.24, 2.45) is 7.05 Å². The Balaban J connectivity index is 1.42. The molecule has 2 heterocycles. The first kappa shape index (κ1) is 23.1. The molecule has 0 amide bonds. The third-order valence-corrected chi connectivity index (χ3v) is 7.19. The Hall–Kier alpha value is -3.62. The summed E-state index contributed by atoms with van der Waals surface area (Å²) in [5.74, 6) is 0.923. The van der Waals surface area contributed by atoms with E-state index < -0.39 is 10.1 Å². The van der Waals surface area contributed by atoms with E-state index in [1.807, 2.05) is 42.5 Å². The van der Waals surface area contributed by atoms with Crippen molar-refractivity contribution in [3.05, 3.63) is 108 Å². The Morgan fingerprint density at radius 1 is 0.971 bits per heavy atom. The molecule has 1 aliphatic heterocycles. The molecule has 180 valence electrons. The highest BCUT2D eigenvalue weighted by molar-refractivity contribution is 7.87. The molecule has 4 aromatic rings. The zero-order valence-corrected chi connectivity index (χ0v) is 20.3. The Labute approximate surface area is 205 Å². The van der Waals surface area contributed by atoms with Gasteiger partial charge in [0.25, 0.3) is 0 Å². The maximum Gasteiger partial charge on any atom is 0.358 e. The van der Waals surface area contributed by atoms with Crippen LogP contribution in [0.3, 0.4) is 0 Å². The highest BCUT2D eigenvalue weighted by atomic mass is 32.2. The van der Waals surface area contributed by atoms with Crippen LogP contribution in [0.5, 0.6) is 11.5 Å². The van der Waals surface area contributed by atoms with Crippen molar-refractivity contribution in [1.82, 2.24) is 14.5 Å². The van der Waals surface area contributed by atoms with Crippen LogP contribution in [0.15, 0.2) is 96.4 Å². The van der Waals surface area contributed by atoms with E-state index in [2.05, 4.69) is 34.1 Å². The largest absolute Gasteiger partial charge is 0.492 e. The summed E-state index contributed by atoms with van der Waals surface area (Å²) in [4.78, 5) is 6.32. The van der Waals surface area contributed by atoms with E-state index in [9.17, 15) is 8.42 Å². The lowest BCUT2D eigenvalue weighted by molar-refractivity contribution is 0.106. The monoisotopic (exact) mass is 489 g/mol.